The summed E-state index contributed by atoms with van der Waals surface area (Å²) in [6.07, 6.45) is 1.38. The van der Waals surface area contributed by atoms with Crippen LogP contribution in [0.5, 0.6) is 0 Å². The van der Waals surface area contributed by atoms with Crippen molar-refractivity contribution in [2.45, 2.75) is 41.5 Å². The summed E-state index contributed by atoms with van der Waals surface area (Å²) < 4.78 is 20.1. The first-order valence-corrected chi connectivity index (χ1v) is 9.49. The van der Waals surface area contributed by atoms with E-state index in [4.69, 9.17) is 18.6 Å². The second kappa shape index (κ2) is 10.3. The molecule has 1 rings (SSSR count). The van der Waals surface area contributed by atoms with Gasteiger partial charge in [0, 0.05) is 0 Å². The average molecular weight is 396 g/mol. The van der Waals surface area contributed by atoms with E-state index in [1.807, 2.05) is 34.6 Å². The fourth-order valence-corrected chi connectivity index (χ4v) is 3.57. The molecule has 0 radical (unpaired) electrons. The molecule has 0 spiro atoms. The molecule has 28 heavy (non-hydrogen) atoms. The quantitative estimate of drug-likeness (QED) is 0.338. The van der Waals surface area contributed by atoms with Crippen LogP contribution in [0.25, 0.3) is 0 Å². The van der Waals surface area contributed by atoms with Gasteiger partial charge in [-0.1, -0.05) is 41.5 Å². The monoisotopic (exact) mass is 396 g/mol. The van der Waals surface area contributed by atoms with Gasteiger partial charge in [-0.2, -0.15) is 0 Å². The molecule has 0 amide bonds. The Hall–Kier alpha value is -2.31. The van der Waals surface area contributed by atoms with Crippen LogP contribution in [-0.2, 0) is 23.8 Å². The van der Waals surface area contributed by atoms with Gasteiger partial charge in [0.15, 0.2) is 0 Å². The fourth-order valence-electron chi connectivity index (χ4n) is 3.57. The zero-order chi connectivity index (χ0) is 21.5. The maximum atomic E-state index is 12.4. The van der Waals surface area contributed by atoms with E-state index < -0.39 is 23.3 Å². The number of carbonyl (C=O) groups is 3. The third-order valence-corrected chi connectivity index (χ3v) is 5.50. The van der Waals surface area contributed by atoms with Crippen LogP contribution >= 0.6 is 0 Å². The summed E-state index contributed by atoms with van der Waals surface area (Å²) in [6, 6.07) is 3.08. The number of hydrogen-bond donors (Lipinski definition) is 0. The Labute approximate surface area is 166 Å². The van der Waals surface area contributed by atoms with Crippen molar-refractivity contribution in [1.29, 1.82) is 0 Å². The van der Waals surface area contributed by atoms with Gasteiger partial charge in [0.05, 0.1) is 25.2 Å². The molecule has 0 saturated carbocycles. The van der Waals surface area contributed by atoms with Crippen molar-refractivity contribution in [1.82, 2.24) is 0 Å². The number of methoxy groups -OCH3 is 1. The van der Waals surface area contributed by atoms with Crippen molar-refractivity contribution in [3.8, 4) is 0 Å². The molecule has 3 atom stereocenters. The van der Waals surface area contributed by atoms with Crippen molar-refractivity contribution in [3.05, 3.63) is 24.2 Å². The minimum absolute atomic E-state index is 0.0482. The largest absolute Gasteiger partial charge is 0.469 e. The van der Waals surface area contributed by atoms with Gasteiger partial charge in [-0.25, -0.2) is 4.79 Å². The minimum Gasteiger partial charge on any atom is -0.469 e. The van der Waals surface area contributed by atoms with Gasteiger partial charge in [0.25, 0.3) is 0 Å². The number of esters is 3. The van der Waals surface area contributed by atoms with Crippen molar-refractivity contribution in [2.24, 2.45) is 29.1 Å². The van der Waals surface area contributed by atoms with E-state index in [1.54, 1.807) is 13.0 Å². The summed E-state index contributed by atoms with van der Waals surface area (Å²) in [4.78, 5) is 36.4. The predicted octanol–water partition coefficient (Wildman–Crippen LogP) is 3.72. The SMILES string of the molecule is COC(=O)C(C(C)C)C(C)(C)C(C)C(C)C(=O)OCCOC(=O)c1ccco1. The minimum atomic E-state index is -0.610. The van der Waals surface area contributed by atoms with Crippen molar-refractivity contribution >= 4 is 17.9 Å². The first-order chi connectivity index (χ1) is 13.0. The Balaban J connectivity index is 2.60. The molecular weight excluding hydrogens is 364 g/mol. The highest BCUT2D eigenvalue weighted by Gasteiger charge is 2.45. The van der Waals surface area contributed by atoms with Crippen LogP contribution in [0.2, 0.25) is 0 Å². The highest BCUT2D eigenvalue weighted by atomic mass is 16.6. The maximum Gasteiger partial charge on any atom is 0.374 e. The highest BCUT2D eigenvalue weighted by Crippen LogP contribution is 2.43. The van der Waals surface area contributed by atoms with Crippen LogP contribution in [-0.4, -0.2) is 38.2 Å². The van der Waals surface area contributed by atoms with Crippen LogP contribution in [0.3, 0.4) is 0 Å². The van der Waals surface area contributed by atoms with Gasteiger partial charge < -0.3 is 18.6 Å². The molecule has 1 heterocycles. The predicted molar refractivity (Wildman–Crippen MR) is 102 cm³/mol. The van der Waals surface area contributed by atoms with Gasteiger partial charge in [-0.15, -0.1) is 0 Å². The molecule has 1 aromatic heterocycles. The lowest BCUT2D eigenvalue weighted by Gasteiger charge is -2.41. The molecule has 7 nitrogen and oxygen atoms in total. The van der Waals surface area contributed by atoms with Crippen LogP contribution in [0.4, 0.5) is 0 Å². The van der Waals surface area contributed by atoms with Gasteiger partial charge in [0.2, 0.25) is 5.76 Å². The Bertz CT molecular complexity index is 646. The Morgan fingerprint density at radius 1 is 1.04 bits per heavy atom. The number of hydrogen-bond acceptors (Lipinski definition) is 7. The molecule has 3 unspecified atom stereocenters. The van der Waals surface area contributed by atoms with E-state index in [9.17, 15) is 14.4 Å². The summed E-state index contributed by atoms with van der Waals surface area (Å²) in [5.74, 6) is -2.07. The molecule has 0 aliphatic heterocycles. The molecule has 0 aliphatic carbocycles. The lowest BCUT2D eigenvalue weighted by molar-refractivity contribution is -0.160. The van der Waals surface area contributed by atoms with E-state index in [2.05, 4.69) is 0 Å². The van der Waals surface area contributed by atoms with Crippen LogP contribution in [0.1, 0.15) is 52.1 Å². The molecular formula is C21H32O7. The third kappa shape index (κ3) is 5.84. The van der Waals surface area contributed by atoms with E-state index in [0.29, 0.717) is 0 Å². The zero-order valence-electron chi connectivity index (χ0n) is 17.8. The smallest absolute Gasteiger partial charge is 0.374 e. The van der Waals surface area contributed by atoms with Gasteiger partial charge in [-0.05, 0) is 29.4 Å². The third-order valence-electron chi connectivity index (χ3n) is 5.50. The molecule has 0 fully saturated rings. The van der Waals surface area contributed by atoms with Gasteiger partial charge in [0.1, 0.15) is 13.2 Å². The number of ether oxygens (including phenoxy) is 3. The summed E-state index contributed by atoms with van der Waals surface area (Å²) >= 11 is 0. The van der Waals surface area contributed by atoms with Crippen molar-refractivity contribution in [2.75, 3.05) is 20.3 Å². The molecule has 0 aliphatic rings. The zero-order valence-corrected chi connectivity index (χ0v) is 17.8. The number of carbonyl (C=O) groups excluding carboxylic acids is 3. The molecule has 158 valence electrons. The van der Waals surface area contributed by atoms with E-state index in [1.165, 1.54) is 19.4 Å². The number of rotatable bonds is 10. The normalized spacial score (nSPS) is 14.9. The summed E-state index contributed by atoms with van der Waals surface area (Å²) in [7, 11) is 1.38. The molecule has 0 aromatic carbocycles. The van der Waals surface area contributed by atoms with Crippen molar-refractivity contribution in [3.63, 3.8) is 0 Å². The lowest BCUT2D eigenvalue weighted by atomic mass is 9.62. The summed E-state index contributed by atoms with van der Waals surface area (Å²) in [5, 5.41) is 0. The van der Waals surface area contributed by atoms with E-state index >= 15 is 0 Å². The Kier molecular flexibility index (Phi) is 8.72. The van der Waals surface area contributed by atoms with Gasteiger partial charge in [-0.3, -0.25) is 9.59 Å². The summed E-state index contributed by atoms with van der Waals surface area (Å²) in [5.41, 5.74) is -0.481. The molecule has 1 aromatic rings. The molecule has 0 saturated heterocycles. The van der Waals surface area contributed by atoms with Crippen LogP contribution in [0, 0.1) is 29.1 Å². The highest BCUT2D eigenvalue weighted by molar-refractivity contribution is 5.86. The maximum absolute atomic E-state index is 12.4. The summed E-state index contributed by atoms with van der Waals surface area (Å²) in [6.45, 7) is 11.5. The lowest BCUT2D eigenvalue weighted by Crippen LogP contribution is -2.43. The Morgan fingerprint density at radius 2 is 1.64 bits per heavy atom. The topological polar surface area (TPSA) is 92.0 Å². The standard InChI is InChI=1S/C21H32O7/c1-13(2)17(20(24)25-7)21(5,6)15(4)14(3)18(22)27-11-12-28-19(23)16-9-8-10-26-16/h8-10,13-15,17H,11-12H2,1-7H3. The molecule has 7 heteroatoms. The fraction of sp³-hybridized carbons (Fsp3) is 0.667. The second-order valence-electron chi connectivity index (χ2n) is 7.92. The van der Waals surface area contributed by atoms with E-state index in [-0.39, 0.29) is 42.7 Å². The number of furan rings is 1. The van der Waals surface area contributed by atoms with Crippen LogP contribution < -0.4 is 0 Å². The molecule has 0 N–H and O–H groups in total. The van der Waals surface area contributed by atoms with Gasteiger partial charge >= 0.3 is 17.9 Å². The first-order valence-electron chi connectivity index (χ1n) is 9.49. The second-order valence-corrected chi connectivity index (χ2v) is 7.92. The van der Waals surface area contributed by atoms with Crippen molar-refractivity contribution < 1.29 is 33.0 Å². The van der Waals surface area contributed by atoms with E-state index in [0.717, 1.165) is 0 Å². The first kappa shape index (κ1) is 23.7. The van der Waals surface area contributed by atoms with Crippen LogP contribution in [0.15, 0.2) is 22.8 Å². The Morgan fingerprint density at radius 3 is 2.14 bits per heavy atom. The average Bonchev–Trinajstić information content (AvgIpc) is 3.17. The molecule has 0 bridgehead atoms.